The molecule has 0 atom stereocenters. The predicted molar refractivity (Wildman–Crippen MR) is 101 cm³/mol. The number of H-pyrrole nitrogens is 1. The number of nitrogens with zero attached hydrogens (tertiary/aromatic N) is 3. The van der Waals surface area contributed by atoms with Gasteiger partial charge in [-0.05, 0) is 44.2 Å². The molecule has 2 aromatic carbocycles. The van der Waals surface area contributed by atoms with Gasteiger partial charge in [0.05, 0.1) is 11.0 Å². The smallest absolute Gasteiger partial charge is 0.321 e. The maximum absolute atomic E-state index is 12.3. The lowest BCUT2D eigenvalue weighted by molar-refractivity contribution is 0.217. The molecule has 2 N–H and O–H groups in total. The van der Waals surface area contributed by atoms with Crippen molar-refractivity contribution in [1.29, 1.82) is 0 Å². The van der Waals surface area contributed by atoms with Gasteiger partial charge in [0.25, 0.3) is 0 Å². The summed E-state index contributed by atoms with van der Waals surface area (Å²) in [7, 11) is 0. The van der Waals surface area contributed by atoms with Crippen LogP contribution in [0, 0.1) is 0 Å². The van der Waals surface area contributed by atoms with E-state index in [-0.39, 0.29) is 6.03 Å². The highest BCUT2D eigenvalue weighted by Gasteiger charge is 2.12. The minimum atomic E-state index is -0.0966. The Bertz CT molecular complexity index is 1080. The monoisotopic (exact) mass is 333 g/mol. The molecular weight excluding hydrogens is 314 g/mol. The molecule has 0 saturated carbocycles. The van der Waals surface area contributed by atoms with E-state index in [0.29, 0.717) is 13.1 Å². The summed E-state index contributed by atoms with van der Waals surface area (Å²) >= 11 is 0. The van der Waals surface area contributed by atoms with Gasteiger partial charge in [-0.3, -0.25) is 0 Å². The van der Waals surface area contributed by atoms with Gasteiger partial charge in [-0.1, -0.05) is 12.1 Å². The predicted octanol–water partition coefficient (Wildman–Crippen LogP) is 4.14. The van der Waals surface area contributed by atoms with Crippen LogP contribution in [0.2, 0.25) is 0 Å². The zero-order valence-corrected chi connectivity index (χ0v) is 14.2. The molecule has 4 aromatic rings. The zero-order chi connectivity index (χ0) is 17.4. The van der Waals surface area contributed by atoms with Crippen LogP contribution in [0.5, 0.6) is 0 Å². The number of aromatic nitrogens is 3. The second-order valence-electron chi connectivity index (χ2n) is 5.90. The minimum absolute atomic E-state index is 0.0966. The Kier molecular flexibility index (Phi) is 3.72. The number of hydrogen-bond acceptors (Lipinski definition) is 3. The summed E-state index contributed by atoms with van der Waals surface area (Å²) in [4.78, 5) is 26.7. The fraction of sp³-hybridized carbons (Fsp3) is 0.211. The summed E-state index contributed by atoms with van der Waals surface area (Å²) < 4.78 is 0. The van der Waals surface area contributed by atoms with Gasteiger partial charge in [0, 0.05) is 29.7 Å². The van der Waals surface area contributed by atoms with Gasteiger partial charge in [0.15, 0.2) is 5.65 Å². The number of benzene rings is 2. The van der Waals surface area contributed by atoms with E-state index < -0.39 is 0 Å². The van der Waals surface area contributed by atoms with E-state index in [4.69, 9.17) is 4.98 Å². The second-order valence-corrected chi connectivity index (χ2v) is 5.90. The molecule has 0 aliphatic rings. The first-order valence-electron chi connectivity index (χ1n) is 8.43. The second kappa shape index (κ2) is 6.05. The van der Waals surface area contributed by atoms with E-state index in [1.807, 2.05) is 56.3 Å². The highest BCUT2D eigenvalue weighted by Crippen LogP contribution is 2.27. The molecule has 6 nitrogen and oxygen atoms in total. The molecule has 4 rings (SSSR count). The van der Waals surface area contributed by atoms with Gasteiger partial charge < -0.3 is 15.2 Å². The maximum atomic E-state index is 12.3. The molecule has 0 unspecified atom stereocenters. The van der Waals surface area contributed by atoms with Crippen LogP contribution in [0.4, 0.5) is 10.5 Å². The number of amides is 2. The molecule has 126 valence electrons. The van der Waals surface area contributed by atoms with Crippen molar-refractivity contribution in [3.8, 4) is 0 Å². The van der Waals surface area contributed by atoms with Crippen LogP contribution in [0.1, 0.15) is 13.8 Å². The van der Waals surface area contributed by atoms with E-state index >= 15 is 0 Å². The van der Waals surface area contributed by atoms with Crippen molar-refractivity contribution in [2.45, 2.75) is 13.8 Å². The van der Waals surface area contributed by atoms with Crippen molar-refractivity contribution in [2.24, 2.45) is 0 Å². The summed E-state index contributed by atoms with van der Waals surface area (Å²) in [6, 6.07) is 13.5. The molecular formula is C19H19N5O. The van der Waals surface area contributed by atoms with Crippen molar-refractivity contribution in [1.82, 2.24) is 19.9 Å². The first kappa shape index (κ1) is 15.4. The number of anilines is 1. The van der Waals surface area contributed by atoms with Crippen LogP contribution in [-0.4, -0.2) is 39.0 Å². The number of carbonyl (C=O) groups excluding carboxylic acids is 1. The fourth-order valence-electron chi connectivity index (χ4n) is 3.04. The van der Waals surface area contributed by atoms with Crippen LogP contribution in [-0.2, 0) is 0 Å². The summed E-state index contributed by atoms with van der Waals surface area (Å²) in [6.45, 7) is 5.28. The number of aromatic amines is 1. The molecule has 0 aliphatic carbocycles. The van der Waals surface area contributed by atoms with Crippen molar-refractivity contribution in [2.75, 3.05) is 18.4 Å². The van der Waals surface area contributed by atoms with Gasteiger partial charge >= 0.3 is 6.03 Å². The summed E-state index contributed by atoms with van der Waals surface area (Å²) in [5.74, 6) is 0. The van der Waals surface area contributed by atoms with E-state index in [1.165, 1.54) is 0 Å². The van der Waals surface area contributed by atoms with Crippen LogP contribution < -0.4 is 5.32 Å². The van der Waals surface area contributed by atoms with Crippen LogP contribution in [0.15, 0.2) is 42.5 Å². The van der Waals surface area contributed by atoms with E-state index in [0.717, 1.165) is 38.8 Å². The Labute approximate surface area is 144 Å². The van der Waals surface area contributed by atoms with E-state index in [9.17, 15) is 4.79 Å². The molecule has 0 radical (unpaired) electrons. The van der Waals surface area contributed by atoms with Crippen LogP contribution in [0.25, 0.3) is 33.1 Å². The number of rotatable bonds is 3. The number of fused-ring (bicyclic) bond motifs is 4. The molecule has 0 bridgehead atoms. The van der Waals surface area contributed by atoms with Gasteiger partial charge in [-0.25, -0.2) is 14.8 Å². The summed E-state index contributed by atoms with van der Waals surface area (Å²) in [6.07, 6.45) is 0. The topological polar surface area (TPSA) is 73.9 Å². The number of nitrogens with one attached hydrogen (secondary N) is 2. The Morgan fingerprint density at radius 1 is 1.08 bits per heavy atom. The van der Waals surface area contributed by atoms with Crippen LogP contribution in [0.3, 0.4) is 0 Å². The Balaban J connectivity index is 1.80. The lowest BCUT2D eigenvalue weighted by Crippen LogP contribution is -2.34. The number of carbonyl (C=O) groups is 1. The Hall–Kier alpha value is -3.15. The minimum Gasteiger partial charge on any atom is -0.338 e. The number of para-hydroxylation sites is 2. The van der Waals surface area contributed by atoms with Crippen molar-refractivity contribution in [3.05, 3.63) is 42.5 Å². The fourth-order valence-corrected chi connectivity index (χ4v) is 3.04. The van der Waals surface area contributed by atoms with Crippen molar-refractivity contribution in [3.63, 3.8) is 0 Å². The van der Waals surface area contributed by atoms with Crippen LogP contribution >= 0.6 is 0 Å². The molecule has 0 fully saturated rings. The number of urea groups is 1. The molecule has 6 heteroatoms. The van der Waals surface area contributed by atoms with Gasteiger partial charge in [0.2, 0.25) is 0 Å². The third-order valence-electron chi connectivity index (χ3n) is 4.40. The Morgan fingerprint density at radius 2 is 1.80 bits per heavy atom. The summed E-state index contributed by atoms with van der Waals surface area (Å²) in [5, 5.41) is 3.90. The Morgan fingerprint density at radius 3 is 2.52 bits per heavy atom. The van der Waals surface area contributed by atoms with Gasteiger partial charge in [-0.15, -0.1) is 0 Å². The highest BCUT2D eigenvalue weighted by molar-refractivity contribution is 6.07. The molecule has 2 amide bonds. The molecule has 0 saturated heterocycles. The average molecular weight is 333 g/mol. The number of hydrogen-bond donors (Lipinski definition) is 2. The quantitative estimate of drug-likeness (QED) is 0.592. The standard InChI is InChI=1S/C19H19N5O/c1-3-24(4-2)19(25)20-12-9-10-14-13(11-12)17-18(22-14)23-16-8-6-5-7-15(16)21-17/h5-11H,3-4H2,1-2H3,(H,20,25)(H,22,23). The average Bonchev–Trinajstić information content (AvgIpc) is 2.97. The normalized spacial score (nSPS) is 11.3. The lowest BCUT2D eigenvalue weighted by atomic mass is 10.2. The molecule has 0 aliphatic heterocycles. The summed E-state index contributed by atoms with van der Waals surface area (Å²) in [5.41, 5.74) is 4.98. The SMILES string of the molecule is CCN(CC)C(=O)Nc1ccc2[nH]c3nc4ccccc4nc3c2c1. The molecule has 25 heavy (non-hydrogen) atoms. The largest absolute Gasteiger partial charge is 0.338 e. The zero-order valence-electron chi connectivity index (χ0n) is 14.2. The highest BCUT2D eigenvalue weighted by atomic mass is 16.2. The first-order chi connectivity index (χ1) is 12.2. The van der Waals surface area contributed by atoms with Crippen molar-refractivity contribution >= 4 is 44.8 Å². The van der Waals surface area contributed by atoms with Gasteiger partial charge in [-0.2, -0.15) is 0 Å². The van der Waals surface area contributed by atoms with E-state index in [2.05, 4.69) is 15.3 Å². The third kappa shape index (κ3) is 2.65. The van der Waals surface area contributed by atoms with E-state index in [1.54, 1.807) is 4.90 Å². The van der Waals surface area contributed by atoms with Gasteiger partial charge in [0.1, 0.15) is 5.52 Å². The molecule has 2 heterocycles. The maximum Gasteiger partial charge on any atom is 0.321 e. The third-order valence-corrected chi connectivity index (χ3v) is 4.40. The molecule has 2 aromatic heterocycles. The lowest BCUT2D eigenvalue weighted by Gasteiger charge is -2.19. The first-order valence-corrected chi connectivity index (χ1v) is 8.43. The van der Waals surface area contributed by atoms with Crippen molar-refractivity contribution < 1.29 is 4.79 Å². The molecule has 0 spiro atoms.